The Labute approximate surface area is 78.0 Å². The largest absolute Gasteiger partial charge is 0.321 e. The quantitative estimate of drug-likeness (QED) is 0.708. The smallest absolute Gasteiger partial charge is 0.198 e. The predicted octanol–water partition coefficient (Wildman–Crippen LogP) is 1.25. The monoisotopic (exact) mass is 178 g/mol. The topological polar surface area (TPSA) is 56.0 Å². The van der Waals surface area contributed by atoms with Gasteiger partial charge in [-0.05, 0) is 18.1 Å². The molecule has 1 heterocycles. The van der Waals surface area contributed by atoms with Gasteiger partial charge in [-0.25, -0.2) is 0 Å². The summed E-state index contributed by atoms with van der Waals surface area (Å²) in [6.07, 6.45) is 1.60. The molecule has 0 saturated heterocycles. The second kappa shape index (κ2) is 4.14. The van der Waals surface area contributed by atoms with E-state index in [2.05, 4.69) is 4.98 Å². The average Bonchev–Trinajstić information content (AvgIpc) is 2.17. The van der Waals surface area contributed by atoms with Crippen LogP contribution in [0.1, 0.15) is 24.3 Å². The van der Waals surface area contributed by atoms with Crippen molar-refractivity contribution in [3.63, 3.8) is 0 Å². The highest BCUT2D eigenvalue weighted by Crippen LogP contribution is 2.05. The molecule has 1 aromatic heterocycles. The fourth-order valence-corrected chi connectivity index (χ4v) is 0.982. The number of Topliss-reactive ketones (excluding diaryl/α,β-unsaturated/α-hetero) is 1. The number of hydrogen-bond acceptors (Lipinski definition) is 3. The molecule has 1 aromatic rings. The number of ketones is 1. The Hall–Kier alpha value is -1.22. The lowest BCUT2D eigenvalue weighted by molar-refractivity contribution is 0.0935. The minimum atomic E-state index is -0.449. The second-order valence-electron chi connectivity index (χ2n) is 3.35. The Morgan fingerprint density at radius 1 is 1.46 bits per heavy atom. The summed E-state index contributed by atoms with van der Waals surface area (Å²) in [5, 5.41) is 0. The van der Waals surface area contributed by atoms with E-state index in [1.165, 1.54) is 0 Å². The fourth-order valence-electron chi connectivity index (χ4n) is 0.982. The van der Waals surface area contributed by atoms with Gasteiger partial charge in [0.1, 0.15) is 5.69 Å². The SMILES string of the molecule is CC(C)C(N)C(=O)c1ccccn1. The summed E-state index contributed by atoms with van der Waals surface area (Å²) in [7, 11) is 0. The highest BCUT2D eigenvalue weighted by Gasteiger charge is 2.19. The zero-order chi connectivity index (χ0) is 9.84. The first kappa shape index (κ1) is 9.86. The molecule has 0 saturated carbocycles. The third kappa shape index (κ3) is 2.36. The number of pyridine rings is 1. The average molecular weight is 178 g/mol. The van der Waals surface area contributed by atoms with Gasteiger partial charge in [0, 0.05) is 6.20 Å². The van der Waals surface area contributed by atoms with E-state index in [1.807, 2.05) is 13.8 Å². The van der Waals surface area contributed by atoms with Gasteiger partial charge in [0.25, 0.3) is 0 Å². The highest BCUT2D eigenvalue weighted by molar-refractivity contribution is 5.98. The van der Waals surface area contributed by atoms with Crippen LogP contribution < -0.4 is 5.73 Å². The first-order chi connectivity index (χ1) is 6.13. The summed E-state index contributed by atoms with van der Waals surface area (Å²) in [6, 6.07) is 4.80. The van der Waals surface area contributed by atoms with E-state index in [4.69, 9.17) is 5.73 Å². The summed E-state index contributed by atoms with van der Waals surface area (Å²) in [6.45, 7) is 3.84. The van der Waals surface area contributed by atoms with Crippen LogP contribution in [0.2, 0.25) is 0 Å². The maximum Gasteiger partial charge on any atom is 0.198 e. The zero-order valence-corrected chi connectivity index (χ0v) is 7.90. The summed E-state index contributed by atoms with van der Waals surface area (Å²) in [5.41, 5.74) is 6.15. The standard InChI is InChI=1S/C10H14N2O/c1-7(2)9(11)10(13)8-5-3-4-6-12-8/h3-7,9H,11H2,1-2H3. The van der Waals surface area contributed by atoms with Gasteiger partial charge >= 0.3 is 0 Å². The van der Waals surface area contributed by atoms with Gasteiger partial charge in [-0.2, -0.15) is 0 Å². The van der Waals surface area contributed by atoms with Crippen LogP contribution >= 0.6 is 0 Å². The molecule has 3 nitrogen and oxygen atoms in total. The van der Waals surface area contributed by atoms with Crippen molar-refractivity contribution in [2.45, 2.75) is 19.9 Å². The normalized spacial score (nSPS) is 12.9. The maximum absolute atomic E-state index is 11.6. The number of aromatic nitrogens is 1. The number of carbonyl (C=O) groups is 1. The molecule has 0 fully saturated rings. The van der Waals surface area contributed by atoms with Gasteiger partial charge in [0.05, 0.1) is 6.04 Å². The third-order valence-corrected chi connectivity index (χ3v) is 1.94. The second-order valence-corrected chi connectivity index (χ2v) is 3.35. The summed E-state index contributed by atoms with van der Waals surface area (Å²) >= 11 is 0. The van der Waals surface area contributed by atoms with E-state index >= 15 is 0 Å². The van der Waals surface area contributed by atoms with Crippen LogP contribution in [0, 0.1) is 5.92 Å². The predicted molar refractivity (Wildman–Crippen MR) is 51.4 cm³/mol. The number of rotatable bonds is 3. The molecule has 1 atom stereocenters. The fraction of sp³-hybridized carbons (Fsp3) is 0.400. The van der Waals surface area contributed by atoms with Crippen molar-refractivity contribution < 1.29 is 4.79 Å². The summed E-state index contributed by atoms with van der Waals surface area (Å²) < 4.78 is 0. The highest BCUT2D eigenvalue weighted by atomic mass is 16.1. The Morgan fingerprint density at radius 2 is 2.15 bits per heavy atom. The van der Waals surface area contributed by atoms with Crippen LogP contribution in [0.3, 0.4) is 0 Å². The Bertz CT molecular complexity index is 282. The van der Waals surface area contributed by atoms with Crippen molar-refractivity contribution >= 4 is 5.78 Å². The minimum absolute atomic E-state index is 0.0874. The van der Waals surface area contributed by atoms with Crippen LogP contribution in [-0.2, 0) is 0 Å². The first-order valence-corrected chi connectivity index (χ1v) is 4.33. The lowest BCUT2D eigenvalue weighted by atomic mass is 9.99. The molecule has 2 N–H and O–H groups in total. The molecular weight excluding hydrogens is 164 g/mol. The molecule has 0 bridgehead atoms. The van der Waals surface area contributed by atoms with Crippen molar-refractivity contribution in [2.75, 3.05) is 0 Å². The van der Waals surface area contributed by atoms with Gasteiger partial charge in [0.15, 0.2) is 5.78 Å². The Morgan fingerprint density at radius 3 is 2.62 bits per heavy atom. The third-order valence-electron chi connectivity index (χ3n) is 1.94. The molecule has 0 spiro atoms. The van der Waals surface area contributed by atoms with Gasteiger partial charge in [0.2, 0.25) is 0 Å². The van der Waals surface area contributed by atoms with Crippen LogP contribution in [0.5, 0.6) is 0 Å². The maximum atomic E-state index is 11.6. The van der Waals surface area contributed by atoms with Gasteiger partial charge in [-0.1, -0.05) is 19.9 Å². The van der Waals surface area contributed by atoms with E-state index in [-0.39, 0.29) is 11.7 Å². The molecule has 1 rings (SSSR count). The molecule has 13 heavy (non-hydrogen) atoms. The molecule has 70 valence electrons. The molecule has 1 unspecified atom stereocenters. The van der Waals surface area contributed by atoms with E-state index in [9.17, 15) is 4.79 Å². The molecule has 0 aromatic carbocycles. The Balaban J connectivity index is 2.80. The zero-order valence-electron chi connectivity index (χ0n) is 7.90. The first-order valence-electron chi connectivity index (χ1n) is 4.33. The number of nitrogens with two attached hydrogens (primary N) is 1. The Kier molecular flexibility index (Phi) is 3.14. The van der Waals surface area contributed by atoms with Crippen molar-refractivity contribution in [2.24, 2.45) is 11.7 Å². The van der Waals surface area contributed by atoms with Crippen molar-refractivity contribution in [3.05, 3.63) is 30.1 Å². The lowest BCUT2D eigenvalue weighted by Gasteiger charge is -2.12. The van der Waals surface area contributed by atoms with Crippen LogP contribution in [0.4, 0.5) is 0 Å². The van der Waals surface area contributed by atoms with Crippen LogP contribution in [-0.4, -0.2) is 16.8 Å². The molecule has 3 heteroatoms. The number of hydrogen-bond donors (Lipinski definition) is 1. The van der Waals surface area contributed by atoms with Crippen molar-refractivity contribution in [3.8, 4) is 0 Å². The van der Waals surface area contributed by atoms with E-state index in [0.29, 0.717) is 5.69 Å². The van der Waals surface area contributed by atoms with E-state index in [1.54, 1.807) is 24.4 Å². The lowest BCUT2D eigenvalue weighted by Crippen LogP contribution is -2.35. The summed E-state index contributed by atoms with van der Waals surface area (Å²) in [5.74, 6) is 0.0603. The minimum Gasteiger partial charge on any atom is -0.321 e. The summed E-state index contributed by atoms with van der Waals surface area (Å²) in [4.78, 5) is 15.6. The van der Waals surface area contributed by atoms with Crippen molar-refractivity contribution in [1.82, 2.24) is 4.98 Å². The number of nitrogens with zero attached hydrogens (tertiary/aromatic N) is 1. The van der Waals surface area contributed by atoms with Gasteiger partial charge in [-0.3, -0.25) is 9.78 Å². The van der Waals surface area contributed by atoms with Gasteiger partial charge in [-0.15, -0.1) is 0 Å². The van der Waals surface area contributed by atoms with Gasteiger partial charge < -0.3 is 5.73 Å². The van der Waals surface area contributed by atoms with E-state index < -0.39 is 6.04 Å². The molecule has 0 aliphatic heterocycles. The molecule has 0 amide bonds. The number of carbonyl (C=O) groups excluding carboxylic acids is 1. The molecular formula is C10H14N2O. The molecule has 0 aliphatic rings. The molecule has 0 aliphatic carbocycles. The molecule has 0 radical (unpaired) electrons. The van der Waals surface area contributed by atoms with E-state index in [0.717, 1.165) is 0 Å². The van der Waals surface area contributed by atoms with Crippen LogP contribution in [0.25, 0.3) is 0 Å². The van der Waals surface area contributed by atoms with Crippen molar-refractivity contribution in [1.29, 1.82) is 0 Å². The van der Waals surface area contributed by atoms with Crippen LogP contribution in [0.15, 0.2) is 24.4 Å².